The summed E-state index contributed by atoms with van der Waals surface area (Å²) in [4.78, 5) is 27.9. The van der Waals surface area contributed by atoms with Gasteiger partial charge >= 0.3 is 0 Å². The molecule has 1 aromatic carbocycles. The zero-order valence-electron chi connectivity index (χ0n) is 16.9. The number of amides is 2. The Bertz CT molecular complexity index is 1030. The predicted molar refractivity (Wildman–Crippen MR) is 112 cm³/mol. The van der Waals surface area contributed by atoms with Crippen molar-refractivity contribution in [3.63, 3.8) is 0 Å². The van der Waals surface area contributed by atoms with E-state index in [1.165, 1.54) is 12.1 Å². The van der Waals surface area contributed by atoms with E-state index in [2.05, 4.69) is 11.4 Å². The van der Waals surface area contributed by atoms with Crippen LogP contribution in [0.5, 0.6) is 0 Å². The zero-order chi connectivity index (χ0) is 22.2. The van der Waals surface area contributed by atoms with Crippen LogP contribution in [0, 0.1) is 23.2 Å². The zero-order valence-corrected chi connectivity index (χ0v) is 18.5. The van der Waals surface area contributed by atoms with Crippen LogP contribution in [0.1, 0.15) is 25.7 Å². The normalized spacial score (nSPS) is 27.4. The Hall–Kier alpha value is -2.15. The molecule has 0 radical (unpaired) electrons. The molecule has 0 bridgehead atoms. The molecule has 0 aromatic heterocycles. The monoisotopic (exact) mass is 465 g/mol. The molecule has 1 saturated heterocycles. The summed E-state index contributed by atoms with van der Waals surface area (Å²) < 4.78 is 31.9. The Kier molecular flexibility index (Phi) is 5.99. The summed E-state index contributed by atoms with van der Waals surface area (Å²) in [6.45, 7) is 1.64. The summed E-state index contributed by atoms with van der Waals surface area (Å²) in [5.41, 5.74) is -0.886. The molecule has 1 aliphatic heterocycles. The van der Waals surface area contributed by atoms with Crippen molar-refractivity contribution >= 4 is 33.3 Å². The number of nitrogens with zero attached hydrogens (tertiary/aromatic N) is 2. The number of nitriles is 1. The molecule has 3 unspecified atom stereocenters. The molecular weight excluding hydrogens is 442 g/mol. The van der Waals surface area contributed by atoms with Crippen molar-refractivity contribution < 1.29 is 22.7 Å². The fraction of sp³-hybridized carbons (Fsp3) is 0.571. The third-order valence-electron chi connectivity index (χ3n) is 6.40. The van der Waals surface area contributed by atoms with Crippen molar-refractivity contribution in [1.82, 2.24) is 10.2 Å². The second-order valence-corrected chi connectivity index (χ2v) is 11.0. The second kappa shape index (κ2) is 8.41. The number of morpholine rings is 1. The molecule has 1 N–H and O–H groups in total. The molecule has 2 saturated carbocycles. The topological polar surface area (TPSA) is 117 Å². The Labute approximate surface area is 186 Å². The molecule has 3 aliphatic rings. The lowest BCUT2D eigenvalue weighted by molar-refractivity contribution is -0.144. The molecule has 10 heteroatoms. The number of nitrogens with one attached hydrogen (secondary N) is 1. The van der Waals surface area contributed by atoms with Crippen molar-refractivity contribution in [2.75, 3.05) is 26.3 Å². The van der Waals surface area contributed by atoms with Crippen molar-refractivity contribution in [3.8, 4) is 6.07 Å². The van der Waals surface area contributed by atoms with Gasteiger partial charge in [-0.25, -0.2) is 8.42 Å². The Balaban J connectivity index is 1.61. The lowest BCUT2D eigenvalue weighted by Crippen LogP contribution is -2.48. The second-order valence-electron chi connectivity index (χ2n) is 8.40. The molecule has 3 atom stereocenters. The average Bonchev–Trinajstić information content (AvgIpc) is 3.39. The first-order valence-electron chi connectivity index (χ1n) is 10.4. The lowest BCUT2D eigenvalue weighted by atomic mass is 9.93. The fourth-order valence-corrected chi connectivity index (χ4v) is 6.75. The van der Waals surface area contributed by atoms with E-state index >= 15 is 0 Å². The van der Waals surface area contributed by atoms with Gasteiger partial charge in [-0.05, 0) is 37.8 Å². The SMILES string of the molecule is N#CC1(NC(=O)C2CC(S(=O)(=O)c3ccccc3Cl)CC2C(=O)N2CCOCC2)CC1. The summed E-state index contributed by atoms with van der Waals surface area (Å²) in [5, 5.41) is 11.3. The highest BCUT2D eigenvalue weighted by atomic mass is 35.5. The first-order chi connectivity index (χ1) is 14.8. The van der Waals surface area contributed by atoms with Crippen LogP contribution in [0.2, 0.25) is 5.02 Å². The van der Waals surface area contributed by atoms with E-state index in [1.54, 1.807) is 17.0 Å². The lowest BCUT2D eigenvalue weighted by Gasteiger charge is -2.31. The van der Waals surface area contributed by atoms with E-state index in [9.17, 15) is 23.3 Å². The maximum absolute atomic E-state index is 13.3. The van der Waals surface area contributed by atoms with Gasteiger partial charge in [0.2, 0.25) is 11.8 Å². The summed E-state index contributed by atoms with van der Waals surface area (Å²) in [6, 6.07) is 8.30. The molecule has 1 heterocycles. The number of carbonyl (C=O) groups is 2. The van der Waals surface area contributed by atoms with Crippen LogP contribution in [-0.4, -0.2) is 62.2 Å². The molecule has 3 fully saturated rings. The molecule has 0 spiro atoms. The highest BCUT2D eigenvalue weighted by Crippen LogP contribution is 2.42. The number of hydrogen-bond acceptors (Lipinski definition) is 6. The van der Waals surface area contributed by atoms with E-state index in [0.717, 1.165) is 0 Å². The van der Waals surface area contributed by atoms with E-state index in [1.807, 2.05) is 0 Å². The summed E-state index contributed by atoms with van der Waals surface area (Å²) in [6.07, 6.45) is 1.18. The minimum atomic E-state index is -3.84. The van der Waals surface area contributed by atoms with Gasteiger partial charge in [0, 0.05) is 13.1 Å². The van der Waals surface area contributed by atoms with Crippen molar-refractivity contribution in [2.24, 2.45) is 11.8 Å². The molecule has 166 valence electrons. The summed E-state index contributed by atoms with van der Waals surface area (Å²) >= 11 is 6.14. The number of rotatable bonds is 5. The molecule has 2 amide bonds. The number of halogens is 1. The van der Waals surface area contributed by atoms with Crippen LogP contribution >= 0.6 is 11.6 Å². The molecule has 2 aliphatic carbocycles. The molecule has 8 nitrogen and oxygen atoms in total. The summed E-state index contributed by atoms with van der Waals surface area (Å²) in [7, 11) is -3.84. The molecule has 4 rings (SSSR count). The maximum atomic E-state index is 13.3. The quantitative estimate of drug-likeness (QED) is 0.705. The van der Waals surface area contributed by atoms with Crippen LogP contribution in [0.3, 0.4) is 0 Å². The van der Waals surface area contributed by atoms with Gasteiger partial charge in [0.25, 0.3) is 0 Å². The van der Waals surface area contributed by atoms with Crippen LogP contribution < -0.4 is 5.32 Å². The third kappa shape index (κ3) is 4.29. The molecule has 1 aromatic rings. The van der Waals surface area contributed by atoms with Crippen LogP contribution in [0.4, 0.5) is 0 Å². The Morgan fingerprint density at radius 1 is 1.16 bits per heavy atom. The third-order valence-corrected chi connectivity index (χ3v) is 9.08. The van der Waals surface area contributed by atoms with Gasteiger partial charge in [-0.3, -0.25) is 9.59 Å². The minimum Gasteiger partial charge on any atom is -0.378 e. The molecule has 31 heavy (non-hydrogen) atoms. The number of carbonyl (C=O) groups excluding carboxylic acids is 2. The van der Waals surface area contributed by atoms with Gasteiger partial charge in [-0.15, -0.1) is 0 Å². The standard InChI is InChI=1S/C21H24ClN3O5S/c22-17-3-1-2-4-18(17)31(28,29)14-11-15(19(26)24-21(13-23)5-6-21)16(12-14)20(27)25-7-9-30-10-8-25/h1-4,14-16H,5-12H2,(H,24,26). The van der Waals surface area contributed by atoms with E-state index in [4.69, 9.17) is 16.3 Å². The maximum Gasteiger partial charge on any atom is 0.226 e. The highest BCUT2D eigenvalue weighted by molar-refractivity contribution is 7.92. The predicted octanol–water partition coefficient (Wildman–Crippen LogP) is 1.54. The van der Waals surface area contributed by atoms with Gasteiger partial charge in [0.1, 0.15) is 5.54 Å². The number of hydrogen-bond donors (Lipinski definition) is 1. The van der Waals surface area contributed by atoms with Crippen molar-refractivity contribution in [3.05, 3.63) is 29.3 Å². The fourth-order valence-electron chi connectivity index (χ4n) is 4.40. The number of benzene rings is 1. The number of ether oxygens (including phenoxy) is 1. The van der Waals surface area contributed by atoms with Crippen molar-refractivity contribution in [1.29, 1.82) is 5.26 Å². The van der Waals surface area contributed by atoms with Gasteiger partial charge in [0.15, 0.2) is 9.84 Å². The van der Waals surface area contributed by atoms with Gasteiger partial charge in [-0.1, -0.05) is 23.7 Å². The van der Waals surface area contributed by atoms with E-state index < -0.39 is 38.4 Å². The average molecular weight is 466 g/mol. The van der Waals surface area contributed by atoms with Crippen LogP contribution in [-0.2, 0) is 24.2 Å². The number of sulfone groups is 1. The largest absolute Gasteiger partial charge is 0.378 e. The first-order valence-corrected chi connectivity index (χ1v) is 12.3. The highest BCUT2D eigenvalue weighted by Gasteiger charge is 2.52. The van der Waals surface area contributed by atoms with Gasteiger partial charge < -0.3 is 15.0 Å². The van der Waals surface area contributed by atoms with E-state index in [-0.39, 0.29) is 28.7 Å². The first kappa shape index (κ1) is 22.1. The van der Waals surface area contributed by atoms with Gasteiger partial charge in [0.05, 0.1) is 46.3 Å². The summed E-state index contributed by atoms with van der Waals surface area (Å²) in [5.74, 6) is -2.25. The molecular formula is C21H24ClN3O5S. The van der Waals surface area contributed by atoms with Crippen LogP contribution in [0.25, 0.3) is 0 Å². The smallest absolute Gasteiger partial charge is 0.226 e. The Morgan fingerprint density at radius 2 is 1.81 bits per heavy atom. The minimum absolute atomic E-state index is 0.0102. The van der Waals surface area contributed by atoms with E-state index in [0.29, 0.717) is 39.1 Å². The van der Waals surface area contributed by atoms with Crippen LogP contribution in [0.15, 0.2) is 29.2 Å². The van der Waals surface area contributed by atoms with Crippen molar-refractivity contribution in [2.45, 2.75) is 41.4 Å². The Morgan fingerprint density at radius 3 is 2.42 bits per heavy atom. The van der Waals surface area contributed by atoms with Gasteiger partial charge in [-0.2, -0.15) is 5.26 Å².